The third-order valence-electron chi connectivity index (χ3n) is 4.03. The van der Waals surface area contributed by atoms with Crippen molar-refractivity contribution in [3.05, 3.63) is 40.7 Å². The highest BCUT2D eigenvalue weighted by Crippen LogP contribution is 2.21. The third-order valence-corrected chi connectivity index (χ3v) is 5.58. The number of fused-ring (bicyclic) bond motifs is 1. The number of anilines is 1. The van der Waals surface area contributed by atoms with Crippen molar-refractivity contribution in [2.75, 3.05) is 18.9 Å². The maximum absolute atomic E-state index is 12.5. The van der Waals surface area contributed by atoms with Gasteiger partial charge in [0.25, 0.3) is 5.91 Å². The van der Waals surface area contributed by atoms with Crippen LogP contribution in [-0.2, 0) is 23.0 Å². The third kappa shape index (κ3) is 3.84. The number of aromatic nitrogens is 2. The molecule has 0 aliphatic carbocycles. The fraction of sp³-hybridized carbons (Fsp3) is 0.333. The van der Waals surface area contributed by atoms with Gasteiger partial charge in [-0.25, -0.2) is 13.1 Å². The monoisotopic (exact) mass is 385 g/mol. The van der Waals surface area contributed by atoms with Crippen molar-refractivity contribution in [1.29, 1.82) is 0 Å². The Bertz CT molecular complexity index is 895. The van der Waals surface area contributed by atoms with Crippen LogP contribution in [-0.4, -0.2) is 38.1 Å². The Balaban J connectivity index is 0.00000225. The van der Waals surface area contributed by atoms with E-state index in [9.17, 15) is 13.2 Å². The molecule has 1 aromatic heterocycles. The first-order valence-corrected chi connectivity index (χ1v) is 9.03. The standard InChI is InChI=1S/C15H19N5O3S.ClH/c1-9-3-4-10(7-13(9)24(22,23)16-2)18-15(21)14-11-8-17-6-5-12(11)19-20-14;/h3-4,7,16-17H,5-6,8H2,1-2H3,(H,18,21)(H,19,20);1H. The first kappa shape index (κ1) is 19.4. The Morgan fingerprint density at radius 2 is 2.08 bits per heavy atom. The van der Waals surface area contributed by atoms with E-state index in [1.807, 2.05) is 0 Å². The number of carbonyl (C=O) groups is 1. The molecule has 1 aliphatic heterocycles. The minimum absolute atomic E-state index is 0. The van der Waals surface area contributed by atoms with Gasteiger partial charge in [-0.15, -0.1) is 12.4 Å². The molecule has 0 spiro atoms. The molecule has 2 heterocycles. The normalized spacial score (nSPS) is 13.7. The van der Waals surface area contributed by atoms with E-state index in [1.54, 1.807) is 19.1 Å². The van der Waals surface area contributed by atoms with E-state index in [1.165, 1.54) is 13.1 Å². The Hall–Kier alpha value is -1.94. The average molecular weight is 386 g/mol. The summed E-state index contributed by atoms with van der Waals surface area (Å²) in [4.78, 5) is 12.6. The molecule has 0 fully saturated rings. The first-order valence-electron chi connectivity index (χ1n) is 7.55. The van der Waals surface area contributed by atoms with Gasteiger partial charge in [0.05, 0.1) is 4.90 Å². The van der Waals surface area contributed by atoms with Crippen LogP contribution in [0.1, 0.15) is 27.3 Å². The van der Waals surface area contributed by atoms with Crippen molar-refractivity contribution in [2.24, 2.45) is 0 Å². The van der Waals surface area contributed by atoms with Gasteiger partial charge < -0.3 is 10.6 Å². The molecule has 136 valence electrons. The van der Waals surface area contributed by atoms with E-state index in [2.05, 4.69) is 25.6 Å². The number of amides is 1. The molecule has 1 amide bonds. The van der Waals surface area contributed by atoms with Gasteiger partial charge in [-0.3, -0.25) is 9.89 Å². The number of hydrogen-bond acceptors (Lipinski definition) is 5. The van der Waals surface area contributed by atoms with Crippen molar-refractivity contribution in [1.82, 2.24) is 20.2 Å². The number of nitrogens with one attached hydrogen (secondary N) is 4. The quantitative estimate of drug-likeness (QED) is 0.625. The second-order valence-corrected chi connectivity index (χ2v) is 7.45. The zero-order chi connectivity index (χ0) is 17.3. The predicted molar refractivity (Wildman–Crippen MR) is 96.6 cm³/mol. The molecule has 0 saturated carbocycles. The van der Waals surface area contributed by atoms with Crippen LogP contribution in [0.15, 0.2) is 23.1 Å². The summed E-state index contributed by atoms with van der Waals surface area (Å²) >= 11 is 0. The van der Waals surface area contributed by atoms with Crippen LogP contribution in [0.2, 0.25) is 0 Å². The molecular formula is C15H20ClN5O3S. The molecule has 8 nitrogen and oxygen atoms in total. The number of rotatable bonds is 4. The minimum Gasteiger partial charge on any atom is -0.321 e. The van der Waals surface area contributed by atoms with Crippen molar-refractivity contribution < 1.29 is 13.2 Å². The Morgan fingerprint density at radius 1 is 1.32 bits per heavy atom. The second kappa shape index (κ2) is 7.52. The lowest BCUT2D eigenvalue weighted by Gasteiger charge is -2.13. The minimum atomic E-state index is -3.59. The summed E-state index contributed by atoms with van der Waals surface area (Å²) in [5.41, 5.74) is 3.15. The van der Waals surface area contributed by atoms with E-state index in [0.29, 0.717) is 23.5 Å². The molecule has 0 bridgehead atoms. The van der Waals surface area contributed by atoms with Crippen LogP contribution in [0.5, 0.6) is 0 Å². The number of halogens is 1. The number of nitrogens with zero attached hydrogens (tertiary/aromatic N) is 1. The van der Waals surface area contributed by atoms with Crippen LogP contribution in [0, 0.1) is 6.92 Å². The molecule has 0 saturated heterocycles. The Labute approximate surface area is 152 Å². The van der Waals surface area contributed by atoms with Crippen molar-refractivity contribution in [3.8, 4) is 0 Å². The van der Waals surface area contributed by atoms with Crippen molar-refractivity contribution in [3.63, 3.8) is 0 Å². The number of aromatic amines is 1. The highest BCUT2D eigenvalue weighted by Gasteiger charge is 2.22. The van der Waals surface area contributed by atoms with Crippen LogP contribution in [0.3, 0.4) is 0 Å². The van der Waals surface area contributed by atoms with E-state index in [-0.39, 0.29) is 23.2 Å². The number of aryl methyl sites for hydroxylation is 1. The number of carbonyl (C=O) groups excluding carboxylic acids is 1. The summed E-state index contributed by atoms with van der Waals surface area (Å²) in [7, 11) is -2.24. The lowest BCUT2D eigenvalue weighted by atomic mass is 10.1. The number of H-pyrrole nitrogens is 1. The van der Waals surface area contributed by atoms with Gasteiger partial charge >= 0.3 is 0 Å². The average Bonchev–Trinajstić information content (AvgIpc) is 3.00. The van der Waals surface area contributed by atoms with E-state index in [0.717, 1.165) is 24.2 Å². The second-order valence-electron chi connectivity index (χ2n) is 5.60. The van der Waals surface area contributed by atoms with Gasteiger partial charge in [0.15, 0.2) is 5.69 Å². The van der Waals surface area contributed by atoms with Gasteiger partial charge in [0.2, 0.25) is 10.0 Å². The lowest BCUT2D eigenvalue weighted by molar-refractivity contribution is 0.102. The predicted octanol–water partition coefficient (Wildman–Crippen LogP) is 0.946. The van der Waals surface area contributed by atoms with Crippen molar-refractivity contribution in [2.45, 2.75) is 24.8 Å². The highest BCUT2D eigenvalue weighted by molar-refractivity contribution is 7.89. The first-order chi connectivity index (χ1) is 11.4. The largest absolute Gasteiger partial charge is 0.321 e. The number of sulfonamides is 1. The summed E-state index contributed by atoms with van der Waals surface area (Å²) in [6.07, 6.45) is 0.796. The summed E-state index contributed by atoms with van der Waals surface area (Å²) in [5, 5.41) is 12.9. The zero-order valence-corrected chi connectivity index (χ0v) is 15.5. The van der Waals surface area contributed by atoms with Crippen molar-refractivity contribution >= 4 is 34.0 Å². The summed E-state index contributed by atoms with van der Waals surface area (Å²) in [6, 6.07) is 4.76. The maximum atomic E-state index is 12.5. The SMILES string of the molecule is CNS(=O)(=O)c1cc(NC(=O)c2n[nH]c3c2CNCC3)ccc1C.Cl. The molecule has 0 unspecified atom stereocenters. The van der Waals surface area contributed by atoms with Crippen LogP contribution in [0.4, 0.5) is 5.69 Å². The van der Waals surface area contributed by atoms with Gasteiger partial charge in [-0.1, -0.05) is 6.07 Å². The number of hydrogen-bond donors (Lipinski definition) is 4. The molecule has 0 atom stereocenters. The van der Waals surface area contributed by atoms with Gasteiger partial charge in [0.1, 0.15) is 0 Å². The maximum Gasteiger partial charge on any atom is 0.276 e. The van der Waals surface area contributed by atoms with E-state index >= 15 is 0 Å². The topological polar surface area (TPSA) is 116 Å². The van der Waals surface area contributed by atoms with Gasteiger partial charge in [-0.05, 0) is 31.7 Å². The summed E-state index contributed by atoms with van der Waals surface area (Å²) < 4.78 is 26.3. The molecule has 3 rings (SSSR count). The molecule has 10 heteroatoms. The molecule has 1 aromatic carbocycles. The van der Waals surface area contributed by atoms with Crippen LogP contribution < -0.4 is 15.4 Å². The van der Waals surface area contributed by atoms with Crippen LogP contribution >= 0.6 is 12.4 Å². The fourth-order valence-corrected chi connectivity index (χ4v) is 3.67. The highest BCUT2D eigenvalue weighted by atomic mass is 35.5. The molecule has 25 heavy (non-hydrogen) atoms. The van der Waals surface area contributed by atoms with Crippen LogP contribution in [0.25, 0.3) is 0 Å². The summed E-state index contributed by atoms with van der Waals surface area (Å²) in [5.74, 6) is -0.368. The fourth-order valence-electron chi connectivity index (χ4n) is 2.68. The van der Waals surface area contributed by atoms with E-state index < -0.39 is 10.0 Å². The molecule has 2 aromatic rings. The molecule has 4 N–H and O–H groups in total. The number of benzene rings is 1. The Kier molecular flexibility index (Phi) is 5.83. The Morgan fingerprint density at radius 3 is 2.80 bits per heavy atom. The smallest absolute Gasteiger partial charge is 0.276 e. The molecular weight excluding hydrogens is 366 g/mol. The molecule has 1 aliphatic rings. The molecule has 0 radical (unpaired) electrons. The van der Waals surface area contributed by atoms with Gasteiger partial charge in [-0.2, -0.15) is 5.10 Å². The van der Waals surface area contributed by atoms with Gasteiger partial charge in [0, 0.05) is 36.5 Å². The lowest BCUT2D eigenvalue weighted by Crippen LogP contribution is -2.25. The summed E-state index contributed by atoms with van der Waals surface area (Å²) in [6.45, 7) is 3.13. The zero-order valence-electron chi connectivity index (χ0n) is 13.8. The van der Waals surface area contributed by atoms with E-state index in [4.69, 9.17) is 0 Å².